The fraction of sp³-hybridized carbons (Fsp3) is 0.786. The Morgan fingerprint density at radius 3 is 2.10 bits per heavy atom. The summed E-state index contributed by atoms with van der Waals surface area (Å²) >= 11 is 0. The van der Waals surface area contributed by atoms with E-state index in [9.17, 15) is 14.4 Å². The Morgan fingerprint density at radius 1 is 1.10 bits per heavy atom. The van der Waals surface area contributed by atoms with Gasteiger partial charge in [-0.2, -0.15) is 0 Å². The van der Waals surface area contributed by atoms with Crippen molar-refractivity contribution in [2.24, 2.45) is 0 Å². The second-order valence-corrected chi connectivity index (χ2v) is 6.23. The molecule has 0 aromatic heterocycles. The highest BCUT2D eigenvalue weighted by molar-refractivity contribution is 6.01. The van der Waals surface area contributed by atoms with Crippen molar-refractivity contribution in [1.29, 1.82) is 0 Å². The second-order valence-electron chi connectivity index (χ2n) is 6.23. The molecule has 1 rings (SSSR count). The Kier molecular flexibility index (Phi) is 5.47. The number of amides is 2. The molecule has 0 bridgehead atoms. The molecular formula is C14H23NO6. The summed E-state index contributed by atoms with van der Waals surface area (Å²) in [6.45, 7) is 7.48. The molecule has 0 saturated carbocycles. The Labute approximate surface area is 124 Å². The number of hydroxylamine groups is 2. The molecule has 0 radical (unpaired) electrons. The molecule has 1 fully saturated rings. The van der Waals surface area contributed by atoms with Crippen LogP contribution in [0.25, 0.3) is 0 Å². The third-order valence-electron chi connectivity index (χ3n) is 3.13. The highest BCUT2D eigenvalue weighted by Gasteiger charge is 2.35. The van der Waals surface area contributed by atoms with Crippen LogP contribution in [0.5, 0.6) is 0 Å². The standard InChI is InChI=1S/C14H23NO6/c1-13(2,20-9-14(3,4)19-5)8-12(18)21-15-10(16)6-7-11(15)17/h6-9H2,1-5H3. The van der Waals surface area contributed by atoms with Gasteiger partial charge in [-0.15, -0.1) is 5.06 Å². The van der Waals surface area contributed by atoms with Crippen molar-refractivity contribution in [2.75, 3.05) is 13.7 Å². The van der Waals surface area contributed by atoms with Crippen molar-refractivity contribution in [2.45, 2.75) is 58.2 Å². The van der Waals surface area contributed by atoms with Gasteiger partial charge in [-0.1, -0.05) is 0 Å². The first kappa shape index (κ1) is 17.6. The number of hydrogen-bond acceptors (Lipinski definition) is 6. The van der Waals surface area contributed by atoms with E-state index in [0.29, 0.717) is 11.7 Å². The lowest BCUT2D eigenvalue weighted by atomic mass is 10.0. The zero-order valence-corrected chi connectivity index (χ0v) is 13.2. The Bertz CT molecular complexity index is 413. The van der Waals surface area contributed by atoms with E-state index in [-0.39, 0.29) is 19.3 Å². The molecule has 1 heterocycles. The van der Waals surface area contributed by atoms with E-state index >= 15 is 0 Å². The molecule has 0 unspecified atom stereocenters. The molecule has 0 aromatic carbocycles. The number of rotatable bonds is 7. The van der Waals surface area contributed by atoms with Gasteiger partial charge < -0.3 is 14.3 Å². The average molecular weight is 301 g/mol. The Morgan fingerprint density at radius 2 is 1.62 bits per heavy atom. The van der Waals surface area contributed by atoms with Gasteiger partial charge in [-0.05, 0) is 27.7 Å². The maximum absolute atomic E-state index is 11.8. The smallest absolute Gasteiger partial charge is 0.336 e. The number of carbonyl (C=O) groups is 3. The van der Waals surface area contributed by atoms with Crippen LogP contribution in [0.4, 0.5) is 0 Å². The van der Waals surface area contributed by atoms with Crippen LogP contribution < -0.4 is 0 Å². The highest BCUT2D eigenvalue weighted by Crippen LogP contribution is 2.21. The van der Waals surface area contributed by atoms with Crippen molar-refractivity contribution >= 4 is 17.8 Å². The topological polar surface area (TPSA) is 82.1 Å². The first-order chi connectivity index (χ1) is 9.56. The maximum atomic E-state index is 11.8. The summed E-state index contributed by atoms with van der Waals surface area (Å²) in [4.78, 5) is 39.4. The van der Waals surface area contributed by atoms with E-state index in [1.54, 1.807) is 21.0 Å². The number of carbonyl (C=O) groups excluding carboxylic acids is 3. The van der Waals surface area contributed by atoms with Gasteiger partial charge in [0.1, 0.15) is 0 Å². The Hall–Kier alpha value is -1.47. The van der Waals surface area contributed by atoms with Crippen LogP contribution in [-0.2, 0) is 28.7 Å². The van der Waals surface area contributed by atoms with Gasteiger partial charge >= 0.3 is 5.97 Å². The van der Waals surface area contributed by atoms with Gasteiger partial charge in [0.25, 0.3) is 11.8 Å². The van der Waals surface area contributed by atoms with Crippen molar-refractivity contribution in [1.82, 2.24) is 5.06 Å². The van der Waals surface area contributed by atoms with Gasteiger partial charge in [-0.25, -0.2) is 4.79 Å². The number of ether oxygens (including phenoxy) is 2. The normalized spacial score (nSPS) is 16.5. The molecule has 7 nitrogen and oxygen atoms in total. The maximum Gasteiger partial charge on any atom is 0.336 e. The molecular weight excluding hydrogens is 278 g/mol. The van der Waals surface area contributed by atoms with Crippen molar-refractivity contribution < 1.29 is 28.7 Å². The summed E-state index contributed by atoms with van der Waals surface area (Å²) in [6, 6.07) is 0. The van der Waals surface area contributed by atoms with Crippen LogP contribution in [-0.4, -0.2) is 47.8 Å². The quantitative estimate of drug-likeness (QED) is 0.657. The molecule has 1 aliphatic rings. The van der Waals surface area contributed by atoms with Crippen molar-refractivity contribution in [3.05, 3.63) is 0 Å². The van der Waals surface area contributed by atoms with Gasteiger partial charge in [0.05, 0.1) is 24.2 Å². The SMILES string of the molecule is COC(C)(C)COC(C)(C)CC(=O)ON1C(=O)CCC1=O. The predicted octanol–water partition coefficient (Wildman–Crippen LogP) is 1.20. The zero-order valence-electron chi connectivity index (χ0n) is 13.2. The number of imide groups is 1. The molecule has 0 N–H and O–H groups in total. The van der Waals surface area contributed by atoms with E-state index in [4.69, 9.17) is 14.3 Å². The predicted molar refractivity (Wildman–Crippen MR) is 72.9 cm³/mol. The Balaban J connectivity index is 2.49. The van der Waals surface area contributed by atoms with E-state index in [2.05, 4.69) is 0 Å². The zero-order chi connectivity index (χ0) is 16.3. The lowest BCUT2D eigenvalue weighted by molar-refractivity contribution is -0.202. The third-order valence-corrected chi connectivity index (χ3v) is 3.13. The minimum absolute atomic E-state index is 0.0774. The van der Waals surface area contributed by atoms with E-state index in [0.717, 1.165) is 0 Å². The molecule has 2 amide bonds. The molecule has 120 valence electrons. The van der Waals surface area contributed by atoms with Gasteiger partial charge in [0.15, 0.2) is 0 Å². The summed E-state index contributed by atoms with van der Waals surface area (Å²) in [5, 5.41) is 0.539. The van der Waals surface area contributed by atoms with Crippen LogP contribution in [0.3, 0.4) is 0 Å². The van der Waals surface area contributed by atoms with Crippen molar-refractivity contribution in [3.63, 3.8) is 0 Å². The van der Waals surface area contributed by atoms with Crippen LogP contribution in [0, 0.1) is 0 Å². The van der Waals surface area contributed by atoms with E-state index in [1.165, 1.54) is 0 Å². The molecule has 1 aliphatic heterocycles. The fourth-order valence-corrected chi connectivity index (χ4v) is 1.62. The minimum Gasteiger partial charge on any atom is -0.376 e. The summed E-state index contributed by atoms with van der Waals surface area (Å²) in [7, 11) is 1.58. The summed E-state index contributed by atoms with van der Waals surface area (Å²) < 4.78 is 10.9. The van der Waals surface area contributed by atoms with E-state index in [1.807, 2.05) is 13.8 Å². The summed E-state index contributed by atoms with van der Waals surface area (Å²) in [6.07, 6.45) is 0.0753. The lowest BCUT2D eigenvalue weighted by Crippen LogP contribution is -2.39. The van der Waals surface area contributed by atoms with Gasteiger partial charge in [-0.3, -0.25) is 9.59 Å². The van der Waals surface area contributed by atoms with Crippen LogP contribution in [0.1, 0.15) is 47.0 Å². The van der Waals surface area contributed by atoms with Crippen LogP contribution >= 0.6 is 0 Å². The van der Waals surface area contributed by atoms with Gasteiger partial charge in [0, 0.05) is 20.0 Å². The molecule has 0 atom stereocenters. The fourth-order valence-electron chi connectivity index (χ4n) is 1.62. The number of nitrogens with zero attached hydrogens (tertiary/aromatic N) is 1. The summed E-state index contributed by atoms with van der Waals surface area (Å²) in [5.74, 6) is -1.67. The molecule has 0 spiro atoms. The monoisotopic (exact) mass is 301 g/mol. The molecule has 21 heavy (non-hydrogen) atoms. The van der Waals surface area contributed by atoms with Crippen molar-refractivity contribution in [3.8, 4) is 0 Å². The van der Waals surface area contributed by atoms with Gasteiger partial charge in [0.2, 0.25) is 0 Å². The molecule has 1 saturated heterocycles. The third kappa shape index (κ3) is 5.43. The second kappa shape index (κ2) is 6.53. The van der Waals surface area contributed by atoms with E-state index < -0.39 is 29.0 Å². The van der Waals surface area contributed by atoms with Crippen LogP contribution in [0.15, 0.2) is 0 Å². The number of hydrogen-bond donors (Lipinski definition) is 0. The number of methoxy groups -OCH3 is 1. The molecule has 7 heteroatoms. The lowest BCUT2D eigenvalue weighted by Gasteiger charge is -2.30. The average Bonchev–Trinajstić information content (AvgIpc) is 2.68. The summed E-state index contributed by atoms with van der Waals surface area (Å²) in [5.41, 5.74) is -1.26. The molecule has 0 aliphatic carbocycles. The minimum atomic E-state index is -0.793. The largest absolute Gasteiger partial charge is 0.376 e. The molecule has 0 aromatic rings. The first-order valence-corrected chi connectivity index (χ1v) is 6.82. The first-order valence-electron chi connectivity index (χ1n) is 6.82. The van der Waals surface area contributed by atoms with Crippen LogP contribution in [0.2, 0.25) is 0 Å². The highest BCUT2D eigenvalue weighted by atomic mass is 16.7.